The van der Waals surface area contributed by atoms with Crippen LogP contribution < -0.4 is 10.3 Å². The zero-order valence-electron chi connectivity index (χ0n) is 7.85. The molecule has 0 heterocycles. The fourth-order valence-electron chi connectivity index (χ4n) is 0.906. The van der Waals surface area contributed by atoms with Crippen molar-refractivity contribution in [2.45, 2.75) is 26.3 Å². The maximum Gasteiger partial charge on any atom is 0.136 e. The third-order valence-electron chi connectivity index (χ3n) is 1.68. The molecule has 0 amide bonds. The first-order valence-electron chi connectivity index (χ1n) is 4.29. The third-order valence-corrected chi connectivity index (χ3v) is 4.30. The number of rotatable bonds is 6. The average Bonchev–Trinajstić information content (AvgIpc) is 1.97. The predicted octanol–water partition coefficient (Wildman–Crippen LogP) is 1.00. The van der Waals surface area contributed by atoms with Crippen LogP contribution in [0, 0.1) is 0 Å². The van der Waals surface area contributed by atoms with Crippen LogP contribution in [-0.4, -0.2) is 22.2 Å². The van der Waals surface area contributed by atoms with Gasteiger partial charge >= 0.3 is 0 Å². The highest BCUT2D eigenvalue weighted by molar-refractivity contribution is 6.62. The van der Waals surface area contributed by atoms with Gasteiger partial charge in [0.2, 0.25) is 0 Å². The second-order valence-electron chi connectivity index (χ2n) is 2.99. The van der Waals surface area contributed by atoms with Crippen molar-refractivity contribution in [1.29, 1.82) is 0 Å². The van der Waals surface area contributed by atoms with Crippen molar-refractivity contribution in [2.75, 3.05) is 13.2 Å². The second-order valence-corrected chi connectivity index (χ2v) is 6.25. The van der Waals surface area contributed by atoms with Crippen molar-refractivity contribution in [3.63, 3.8) is 0 Å². The summed E-state index contributed by atoms with van der Waals surface area (Å²) in [5.41, 5.74) is 2.85. The van der Waals surface area contributed by atoms with Gasteiger partial charge in [-0.2, -0.15) is 0 Å². The first kappa shape index (κ1) is 10.9. The Labute approximate surface area is 71.8 Å². The van der Waals surface area contributed by atoms with Crippen LogP contribution in [0.3, 0.4) is 0 Å². The summed E-state index contributed by atoms with van der Waals surface area (Å²) in [6, 6.07) is 0. The molecule has 2 nitrogen and oxygen atoms in total. The topological polar surface area (TPSA) is 24.1 Å². The lowest BCUT2D eigenvalue weighted by Crippen LogP contribution is -2.41. The largest absolute Gasteiger partial charge is 0.324 e. The summed E-state index contributed by atoms with van der Waals surface area (Å²) >= 11 is 0. The molecule has 0 aromatic rings. The Morgan fingerprint density at radius 1 is 1.55 bits per heavy atom. The van der Waals surface area contributed by atoms with E-state index < -0.39 is 8.96 Å². The van der Waals surface area contributed by atoms with Gasteiger partial charge in [-0.05, 0) is 12.1 Å². The smallest absolute Gasteiger partial charge is 0.136 e. The highest BCUT2D eigenvalue weighted by atomic mass is 28.3. The van der Waals surface area contributed by atoms with Crippen molar-refractivity contribution >= 4 is 8.96 Å². The Morgan fingerprint density at radius 3 is 2.55 bits per heavy atom. The highest BCUT2D eigenvalue weighted by Gasteiger charge is 2.08. The quantitative estimate of drug-likeness (QED) is 0.355. The van der Waals surface area contributed by atoms with Crippen molar-refractivity contribution < 1.29 is 0 Å². The predicted molar refractivity (Wildman–Crippen MR) is 54.1 cm³/mol. The third kappa shape index (κ3) is 5.18. The van der Waals surface area contributed by atoms with E-state index in [1.807, 2.05) is 0 Å². The molecule has 11 heavy (non-hydrogen) atoms. The van der Waals surface area contributed by atoms with Crippen molar-refractivity contribution in [2.24, 2.45) is 0 Å². The monoisotopic (exact) mass is 172 g/mol. The van der Waals surface area contributed by atoms with Crippen molar-refractivity contribution in [3.05, 3.63) is 12.3 Å². The average molecular weight is 172 g/mol. The van der Waals surface area contributed by atoms with Gasteiger partial charge in [0, 0.05) is 6.67 Å². The fourth-order valence-corrected chi connectivity index (χ4v) is 2.47. The molecule has 3 heteroatoms. The molecular weight excluding hydrogens is 152 g/mol. The molecule has 0 aromatic carbocycles. The Bertz CT molecular complexity index is 104. The fraction of sp³-hybridized carbons (Fsp3) is 0.750. The van der Waals surface area contributed by atoms with E-state index in [0.717, 1.165) is 18.8 Å². The van der Waals surface area contributed by atoms with Gasteiger partial charge in [0.05, 0.1) is 0 Å². The van der Waals surface area contributed by atoms with Gasteiger partial charge in [0.15, 0.2) is 0 Å². The van der Waals surface area contributed by atoms with Crippen LogP contribution in [0.2, 0.25) is 5.54 Å². The molecule has 0 aromatic heterocycles. The summed E-state index contributed by atoms with van der Waals surface area (Å²) in [6.07, 6.45) is 0. The maximum absolute atomic E-state index is 3.83. The normalized spacial score (nSPS) is 13.5. The number of nitrogens with one attached hydrogen (secondary N) is 2. The molecule has 0 aliphatic rings. The summed E-state index contributed by atoms with van der Waals surface area (Å²) in [6.45, 7) is 12.4. The van der Waals surface area contributed by atoms with E-state index in [1.165, 1.54) is 0 Å². The van der Waals surface area contributed by atoms with Gasteiger partial charge in [-0.3, -0.25) is 0 Å². The molecule has 0 saturated carbocycles. The lowest BCUT2D eigenvalue weighted by atomic mass is 10.6. The molecule has 0 radical (unpaired) electrons. The minimum Gasteiger partial charge on any atom is -0.324 e. The minimum atomic E-state index is -0.866. The van der Waals surface area contributed by atoms with Crippen LogP contribution in [0.4, 0.5) is 0 Å². The Morgan fingerprint density at radius 2 is 2.18 bits per heavy atom. The SMILES string of the molecule is C=C[SiH](NCNCC)C(C)C. The summed E-state index contributed by atoms with van der Waals surface area (Å²) in [4.78, 5) is 3.48. The van der Waals surface area contributed by atoms with E-state index in [4.69, 9.17) is 0 Å². The summed E-state index contributed by atoms with van der Waals surface area (Å²) in [5, 5.41) is 3.24. The molecule has 0 rings (SSSR count). The summed E-state index contributed by atoms with van der Waals surface area (Å²) in [5.74, 6) is 0. The van der Waals surface area contributed by atoms with E-state index in [2.05, 4.69) is 43.3 Å². The minimum absolute atomic E-state index is 0.756. The van der Waals surface area contributed by atoms with Crippen molar-refractivity contribution in [1.82, 2.24) is 10.3 Å². The van der Waals surface area contributed by atoms with Crippen LogP contribution in [0.5, 0.6) is 0 Å². The lowest BCUT2D eigenvalue weighted by molar-refractivity contribution is 0.694. The molecule has 66 valence electrons. The Hall–Kier alpha value is -0.123. The van der Waals surface area contributed by atoms with Crippen LogP contribution in [0.25, 0.3) is 0 Å². The Balaban J connectivity index is 3.44. The van der Waals surface area contributed by atoms with E-state index in [0.29, 0.717) is 0 Å². The van der Waals surface area contributed by atoms with Gasteiger partial charge in [0.1, 0.15) is 8.96 Å². The van der Waals surface area contributed by atoms with Crippen LogP contribution >= 0.6 is 0 Å². The maximum atomic E-state index is 3.83. The molecule has 0 aliphatic carbocycles. The molecule has 0 fully saturated rings. The van der Waals surface area contributed by atoms with Crippen LogP contribution in [-0.2, 0) is 0 Å². The van der Waals surface area contributed by atoms with Gasteiger partial charge < -0.3 is 10.3 Å². The zero-order chi connectivity index (χ0) is 8.69. The molecular formula is C8H20N2Si. The first-order valence-corrected chi connectivity index (χ1v) is 6.20. The van der Waals surface area contributed by atoms with Gasteiger partial charge in [-0.25, -0.2) is 0 Å². The molecule has 1 atom stereocenters. The first-order chi connectivity index (χ1) is 5.22. The van der Waals surface area contributed by atoms with Gasteiger partial charge in [0.25, 0.3) is 0 Å². The van der Waals surface area contributed by atoms with E-state index in [1.54, 1.807) is 0 Å². The standard InChI is InChI=1S/C8H20N2Si/c1-5-9-7-10-11(6-2)8(3)4/h6,8-11H,2,5,7H2,1,3-4H3. The van der Waals surface area contributed by atoms with Gasteiger partial charge in [-0.15, -0.1) is 6.58 Å². The number of hydrogen-bond donors (Lipinski definition) is 2. The molecule has 1 unspecified atom stereocenters. The molecule has 0 aliphatic heterocycles. The zero-order valence-corrected chi connectivity index (χ0v) is 9.01. The van der Waals surface area contributed by atoms with E-state index >= 15 is 0 Å². The Kier molecular flexibility index (Phi) is 6.50. The van der Waals surface area contributed by atoms with Gasteiger partial charge in [-0.1, -0.05) is 26.5 Å². The van der Waals surface area contributed by atoms with Crippen molar-refractivity contribution in [3.8, 4) is 0 Å². The van der Waals surface area contributed by atoms with E-state index in [9.17, 15) is 0 Å². The number of hydrogen-bond acceptors (Lipinski definition) is 2. The summed E-state index contributed by atoms with van der Waals surface area (Å²) in [7, 11) is -0.866. The lowest BCUT2D eigenvalue weighted by Gasteiger charge is -2.16. The molecule has 2 N–H and O–H groups in total. The second kappa shape index (κ2) is 6.58. The highest BCUT2D eigenvalue weighted by Crippen LogP contribution is 2.03. The molecule has 0 saturated heterocycles. The summed E-state index contributed by atoms with van der Waals surface area (Å²) < 4.78 is 0. The molecule has 0 spiro atoms. The molecule has 0 bridgehead atoms. The van der Waals surface area contributed by atoms with Crippen LogP contribution in [0.15, 0.2) is 12.3 Å². The van der Waals surface area contributed by atoms with Crippen LogP contribution in [0.1, 0.15) is 20.8 Å². The van der Waals surface area contributed by atoms with E-state index in [-0.39, 0.29) is 0 Å².